The summed E-state index contributed by atoms with van der Waals surface area (Å²) in [4.78, 5) is 20.6. The molecule has 1 aliphatic heterocycles. The third-order valence-electron chi connectivity index (χ3n) is 8.40. The highest BCUT2D eigenvalue weighted by Crippen LogP contribution is 2.49. The molecule has 1 amide bonds. The fourth-order valence-corrected chi connectivity index (χ4v) is 7.02. The molecule has 3 aromatic heterocycles. The molecule has 3 fully saturated rings. The highest BCUT2D eigenvalue weighted by atomic mass is 32.2. The van der Waals surface area contributed by atoms with Crippen molar-refractivity contribution in [2.45, 2.75) is 69.7 Å². The number of carbonyl (C=O) groups is 1. The van der Waals surface area contributed by atoms with Gasteiger partial charge in [-0.3, -0.25) is 9.48 Å². The Morgan fingerprint density at radius 2 is 1.95 bits per heavy atom. The average molecular weight is 554 g/mol. The van der Waals surface area contributed by atoms with Crippen molar-refractivity contribution in [3.63, 3.8) is 0 Å². The SMILES string of the molecule is Cc1nn(C)cc1S(=O)(=O)NC(=O)c1ccc(-n2ccc(OCC3(C)CC3)n2)nc1N1CC(C)CC12CCC2. The normalized spacial score (nSPS) is 21.1. The highest BCUT2D eigenvalue weighted by molar-refractivity contribution is 7.90. The zero-order valence-corrected chi connectivity index (χ0v) is 23.7. The van der Waals surface area contributed by atoms with E-state index in [4.69, 9.17) is 9.72 Å². The van der Waals surface area contributed by atoms with Crippen LogP contribution in [0.4, 0.5) is 5.82 Å². The lowest BCUT2D eigenvalue weighted by Crippen LogP contribution is -2.50. The molecule has 3 aliphatic rings. The third-order valence-corrected chi connectivity index (χ3v) is 9.83. The van der Waals surface area contributed by atoms with Crippen molar-refractivity contribution in [1.29, 1.82) is 0 Å². The molecule has 11 nitrogen and oxygen atoms in total. The van der Waals surface area contributed by atoms with Crippen LogP contribution in [0.15, 0.2) is 35.5 Å². The summed E-state index contributed by atoms with van der Waals surface area (Å²) in [6, 6.07) is 5.13. The van der Waals surface area contributed by atoms with Crippen molar-refractivity contribution in [2.24, 2.45) is 18.4 Å². The molecule has 6 rings (SSSR count). The largest absolute Gasteiger partial charge is 0.476 e. The number of amides is 1. The van der Waals surface area contributed by atoms with E-state index >= 15 is 0 Å². The fourth-order valence-electron chi connectivity index (χ4n) is 5.84. The van der Waals surface area contributed by atoms with Gasteiger partial charge in [0.15, 0.2) is 5.82 Å². The van der Waals surface area contributed by atoms with E-state index in [-0.39, 0.29) is 21.4 Å². The van der Waals surface area contributed by atoms with Crippen molar-refractivity contribution in [2.75, 3.05) is 18.1 Å². The second-order valence-corrected chi connectivity index (χ2v) is 13.6. The molecule has 1 N–H and O–H groups in total. The molecule has 1 spiro atoms. The van der Waals surface area contributed by atoms with E-state index in [0.717, 1.165) is 45.1 Å². The monoisotopic (exact) mass is 553 g/mol. The van der Waals surface area contributed by atoms with Crippen LogP contribution < -0.4 is 14.4 Å². The maximum atomic E-state index is 13.5. The summed E-state index contributed by atoms with van der Waals surface area (Å²) in [6.45, 7) is 7.37. The Labute approximate surface area is 228 Å². The topological polar surface area (TPSA) is 124 Å². The van der Waals surface area contributed by atoms with Crippen LogP contribution in [0.25, 0.3) is 5.82 Å². The number of nitrogens with one attached hydrogen (secondary N) is 1. The summed E-state index contributed by atoms with van der Waals surface area (Å²) >= 11 is 0. The number of sulfonamides is 1. The van der Waals surface area contributed by atoms with Crippen LogP contribution in [0.3, 0.4) is 0 Å². The van der Waals surface area contributed by atoms with Crippen LogP contribution in [0.5, 0.6) is 5.88 Å². The van der Waals surface area contributed by atoms with E-state index in [1.54, 1.807) is 37.0 Å². The van der Waals surface area contributed by atoms with Crippen molar-refractivity contribution < 1.29 is 17.9 Å². The summed E-state index contributed by atoms with van der Waals surface area (Å²) in [5.74, 6) is 1.26. The Morgan fingerprint density at radius 1 is 1.18 bits per heavy atom. The van der Waals surface area contributed by atoms with Gasteiger partial charge >= 0.3 is 0 Å². The molecule has 0 bridgehead atoms. The zero-order chi connectivity index (χ0) is 27.6. The van der Waals surface area contributed by atoms with Gasteiger partial charge in [-0.1, -0.05) is 13.8 Å². The molecule has 1 atom stereocenters. The van der Waals surface area contributed by atoms with Gasteiger partial charge in [0.1, 0.15) is 10.7 Å². The summed E-state index contributed by atoms with van der Waals surface area (Å²) in [7, 11) is -2.49. The quantitative estimate of drug-likeness (QED) is 0.450. The molecule has 2 aliphatic carbocycles. The maximum Gasteiger partial charge on any atom is 0.268 e. The molecular weight excluding hydrogens is 518 g/mol. The fraction of sp³-hybridized carbons (Fsp3) is 0.556. The lowest BCUT2D eigenvalue weighted by molar-refractivity contribution is 0.0981. The molecule has 0 aromatic carbocycles. The smallest absolute Gasteiger partial charge is 0.268 e. The Morgan fingerprint density at radius 3 is 2.59 bits per heavy atom. The van der Waals surface area contributed by atoms with Crippen molar-refractivity contribution >= 4 is 21.7 Å². The molecule has 3 aromatic rings. The van der Waals surface area contributed by atoms with Crippen molar-refractivity contribution in [3.8, 4) is 11.7 Å². The summed E-state index contributed by atoms with van der Waals surface area (Å²) in [5, 5.41) is 8.66. The first-order valence-electron chi connectivity index (χ1n) is 13.5. The second kappa shape index (κ2) is 9.07. The first kappa shape index (κ1) is 25.8. The van der Waals surface area contributed by atoms with E-state index < -0.39 is 15.9 Å². The minimum atomic E-state index is -4.12. The van der Waals surface area contributed by atoms with Gasteiger partial charge < -0.3 is 9.64 Å². The van der Waals surface area contributed by atoms with Gasteiger partial charge in [0.2, 0.25) is 5.88 Å². The molecule has 1 saturated heterocycles. The average Bonchev–Trinajstić information content (AvgIpc) is 3.19. The number of aryl methyl sites for hydroxylation is 2. The summed E-state index contributed by atoms with van der Waals surface area (Å²) in [5.41, 5.74) is 0.717. The second-order valence-electron chi connectivity index (χ2n) is 11.9. The predicted octanol–water partition coefficient (Wildman–Crippen LogP) is 3.38. The number of rotatable bonds is 8. The molecule has 208 valence electrons. The number of nitrogens with zero attached hydrogens (tertiary/aromatic N) is 6. The van der Waals surface area contributed by atoms with E-state index in [2.05, 4.69) is 33.7 Å². The van der Waals surface area contributed by atoms with Crippen LogP contribution in [-0.4, -0.2) is 57.6 Å². The van der Waals surface area contributed by atoms with Gasteiger partial charge in [-0.25, -0.2) is 22.8 Å². The van der Waals surface area contributed by atoms with Gasteiger partial charge in [0, 0.05) is 43.0 Å². The van der Waals surface area contributed by atoms with Crippen molar-refractivity contribution in [3.05, 3.63) is 41.9 Å². The molecule has 1 unspecified atom stereocenters. The Balaban J connectivity index is 1.34. The third kappa shape index (κ3) is 4.79. The van der Waals surface area contributed by atoms with Crippen LogP contribution in [0, 0.1) is 18.3 Å². The van der Waals surface area contributed by atoms with Gasteiger partial charge in [0.25, 0.3) is 15.9 Å². The number of carbonyl (C=O) groups excluding carboxylic acids is 1. The van der Waals surface area contributed by atoms with Crippen molar-refractivity contribution in [1.82, 2.24) is 29.3 Å². The summed E-state index contributed by atoms with van der Waals surface area (Å²) < 4.78 is 37.4. The molecule has 39 heavy (non-hydrogen) atoms. The summed E-state index contributed by atoms with van der Waals surface area (Å²) in [6.07, 6.45) is 9.69. The molecule has 4 heterocycles. The Kier molecular flexibility index (Phi) is 6.01. The molecule has 2 saturated carbocycles. The first-order chi connectivity index (χ1) is 18.5. The van der Waals surface area contributed by atoms with E-state index in [1.165, 1.54) is 10.9 Å². The number of hydrogen-bond acceptors (Lipinski definition) is 8. The van der Waals surface area contributed by atoms with E-state index in [9.17, 15) is 13.2 Å². The predicted molar refractivity (Wildman–Crippen MR) is 145 cm³/mol. The lowest BCUT2D eigenvalue weighted by atomic mass is 9.73. The zero-order valence-electron chi connectivity index (χ0n) is 22.8. The lowest BCUT2D eigenvalue weighted by Gasteiger charge is -2.47. The number of ether oxygens (including phenoxy) is 1. The Bertz CT molecular complexity index is 1530. The highest BCUT2D eigenvalue weighted by Gasteiger charge is 2.49. The number of anilines is 1. The van der Waals surface area contributed by atoms with Crippen LogP contribution in [-0.2, 0) is 17.1 Å². The standard InChI is InChI=1S/C27H35N7O4S/c1-18-14-27(9-5-10-27)33(15-18)24-20(25(35)31-39(36,37)21-16-32(4)29-19(21)2)6-7-22(28-24)34-13-8-23(30-34)38-17-26(3)11-12-26/h6-8,13,16,18H,5,9-12,14-15,17H2,1-4H3,(H,31,35). The van der Waals surface area contributed by atoms with E-state index in [1.807, 2.05) is 6.07 Å². The number of aromatic nitrogens is 5. The Hall–Kier alpha value is -3.41. The minimum Gasteiger partial charge on any atom is -0.476 e. The number of hydrogen-bond donors (Lipinski definition) is 1. The van der Waals surface area contributed by atoms with Gasteiger partial charge in [0.05, 0.1) is 17.9 Å². The number of pyridine rings is 1. The maximum absolute atomic E-state index is 13.5. The van der Waals surface area contributed by atoms with Crippen LogP contribution in [0.1, 0.15) is 68.4 Å². The first-order valence-corrected chi connectivity index (χ1v) is 15.0. The van der Waals surface area contributed by atoms with Crippen LogP contribution in [0.2, 0.25) is 0 Å². The van der Waals surface area contributed by atoms with Crippen LogP contribution >= 0.6 is 0 Å². The minimum absolute atomic E-state index is 0.0288. The van der Waals surface area contributed by atoms with Gasteiger partial charge in [-0.15, -0.1) is 5.10 Å². The van der Waals surface area contributed by atoms with E-state index in [0.29, 0.717) is 35.7 Å². The molecular formula is C27H35N7O4S. The molecule has 0 radical (unpaired) electrons. The molecule has 12 heteroatoms. The van der Waals surface area contributed by atoms with Gasteiger partial charge in [-0.2, -0.15) is 5.10 Å². The van der Waals surface area contributed by atoms with Gasteiger partial charge in [-0.05, 0) is 63.5 Å².